The second kappa shape index (κ2) is 8.78. The van der Waals surface area contributed by atoms with Gasteiger partial charge >= 0.3 is 18.4 Å². The van der Waals surface area contributed by atoms with E-state index in [9.17, 15) is 36.2 Å². The summed E-state index contributed by atoms with van der Waals surface area (Å²) in [7, 11) is 0. The Morgan fingerprint density at radius 2 is 1.55 bits per heavy atom. The molecule has 0 aliphatic carbocycles. The fourth-order valence-electron chi connectivity index (χ4n) is 3.71. The molecule has 2 atom stereocenters. The summed E-state index contributed by atoms with van der Waals surface area (Å²) in [5, 5.41) is 9.28. The van der Waals surface area contributed by atoms with Gasteiger partial charge in [-0.2, -0.15) is 26.3 Å². The highest BCUT2D eigenvalue weighted by atomic mass is 19.4. The van der Waals surface area contributed by atoms with Crippen LogP contribution in [0.25, 0.3) is 0 Å². The van der Waals surface area contributed by atoms with Gasteiger partial charge in [-0.25, -0.2) is 4.79 Å². The molecule has 2 aromatic carbocycles. The van der Waals surface area contributed by atoms with Crippen LogP contribution in [0.1, 0.15) is 28.2 Å². The molecule has 31 heavy (non-hydrogen) atoms. The summed E-state index contributed by atoms with van der Waals surface area (Å²) in [5.41, 5.74) is -2.17. The monoisotopic (exact) mass is 447 g/mol. The number of benzene rings is 2. The van der Waals surface area contributed by atoms with Crippen LogP contribution in [-0.4, -0.2) is 35.8 Å². The molecule has 0 aromatic heterocycles. The van der Waals surface area contributed by atoms with Crippen LogP contribution in [0.5, 0.6) is 0 Å². The molecule has 0 spiro atoms. The Kier molecular flexibility index (Phi) is 6.49. The first-order valence-electron chi connectivity index (χ1n) is 9.34. The number of amides is 1. The zero-order valence-corrected chi connectivity index (χ0v) is 16.1. The van der Waals surface area contributed by atoms with Gasteiger partial charge in [0.05, 0.1) is 24.3 Å². The summed E-state index contributed by atoms with van der Waals surface area (Å²) in [6.07, 6.45) is -11.0. The van der Waals surface area contributed by atoms with Gasteiger partial charge in [0, 0.05) is 24.9 Å². The Bertz CT molecular complexity index is 881. The van der Waals surface area contributed by atoms with E-state index in [-0.39, 0.29) is 43.2 Å². The predicted molar refractivity (Wildman–Crippen MR) is 98.4 cm³/mol. The fourth-order valence-corrected chi connectivity index (χ4v) is 3.71. The summed E-state index contributed by atoms with van der Waals surface area (Å²) >= 11 is 0. The van der Waals surface area contributed by atoms with Crippen molar-refractivity contribution in [3.8, 4) is 0 Å². The third kappa shape index (κ3) is 5.69. The first-order chi connectivity index (χ1) is 14.4. The average molecular weight is 447 g/mol. The number of likely N-dealkylation sites (tertiary alicyclic amines) is 1. The largest absolute Gasteiger partial charge is 0.465 e. The molecule has 1 aliphatic heterocycles. The summed E-state index contributed by atoms with van der Waals surface area (Å²) in [5.74, 6) is -0.476. The second-order valence-electron chi connectivity index (χ2n) is 7.39. The molecule has 2 aromatic rings. The van der Waals surface area contributed by atoms with Gasteiger partial charge in [-0.15, -0.1) is 0 Å². The van der Waals surface area contributed by atoms with E-state index in [2.05, 4.69) is 0 Å². The summed E-state index contributed by atoms with van der Waals surface area (Å²) in [6, 6.07) is 10.4. The maximum atomic E-state index is 13.0. The molecule has 10 heteroatoms. The lowest BCUT2D eigenvalue weighted by atomic mass is 9.89. The lowest BCUT2D eigenvalue weighted by Gasteiger charge is -2.19. The minimum Gasteiger partial charge on any atom is -0.465 e. The van der Waals surface area contributed by atoms with E-state index < -0.39 is 36.2 Å². The van der Waals surface area contributed by atoms with Crippen molar-refractivity contribution < 1.29 is 41.0 Å². The number of hydrogen-bond donors (Lipinski definition) is 1. The van der Waals surface area contributed by atoms with Gasteiger partial charge in [0.25, 0.3) is 0 Å². The molecule has 0 saturated carbocycles. The van der Waals surface area contributed by atoms with E-state index in [0.717, 1.165) is 5.56 Å². The molecule has 1 saturated heterocycles. The molecular weight excluding hydrogens is 428 g/mol. The number of hydrogen-bond acceptors (Lipinski definition) is 2. The minimum absolute atomic E-state index is 0.0130. The van der Waals surface area contributed by atoms with Crippen molar-refractivity contribution >= 4 is 6.09 Å². The Morgan fingerprint density at radius 1 is 0.968 bits per heavy atom. The standard InChI is InChI=1S/C21H19F6NO3/c22-20(23,24)16-6-13(7-17(8-16)21(25,26)27)11-31-12-15-9-28(19(29)30)10-18(15)14-4-2-1-3-5-14/h1-8,15,18H,9-12H2,(H,29,30). The normalized spacial score (nSPS) is 19.6. The van der Waals surface area contributed by atoms with E-state index in [0.29, 0.717) is 12.1 Å². The second-order valence-corrected chi connectivity index (χ2v) is 7.39. The van der Waals surface area contributed by atoms with Crippen molar-refractivity contribution in [1.29, 1.82) is 0 Å². The first-order valence-corrected chi connectivity index (χ1v) is 9.34. The molecule has 0 radical (unpaired) electrons. The Hall–Kier alpha value is -2.75. The molecule has 4 nitrogen and oxygen atoms in total. The number of nitrogens with zero attached hydrogens (tertiary/aromatic N) is 1. The summed E-state index contributed by atoms with van der Waals surface area (Å²) < 4.78 is 83.4. The summed E-state index contributed by atoms with van der Waals surface area (Å²) in [6.45, 7) is -0.0839. The lowest BCUT2D eigenvalue weighted by Crippen LogP contribution is -2.27. The number of carbonyl (C=O) groups is 1. The molecule has 168 valence electrons. The fraction of sp³-hybridized carbons (Fsp3) is 0.381. The van der Waals surface area contributed by atoms with E-state index >= 15 is 0 Å². The van der Waals surface area contributed by atoms with Crippen molar-refractivity contribution in [3.63, 3.8) is 0 Å². The van der Waals surface area contributed by atoms with Crippen molar-refractivity contribution in [3.05, 3.63) is 70.8 Å². The van der Waals surface area contributed by atoms with Crippen LogP contribution < -0.4 is 0 Å². The molecule has 1 N–H and O–H groups in total. The van der Waals surface area contributed by atoms with Gasteiger partial charge in [0.1, 0.15) is 0 Å². The third-order valence-electron chi connectivity index (χ3n) is 5.19. The van der Waals surface area contributed by atoms with Gasteiger partial charge in [0.2, 0.25) is 0 Å². The summed E-state index contributed by atoms with van der Waals surface area (Å²) in [4.78, 5) is 12.6. The number of rotatable bonds is 5. The highest BCUT2D eigenvalue weighted by Crippen LogP contribution is 2.37. The third-order valence-corrected chi connectivity index (χ3v) is 5.19. The smallest absolute Gasteiger partial charge is 0.416 e. The van der Waals surface area contributed by atoms with Gasteiger partial charge in [-0.1, -0.05) is 30.3 Å². The topological polar surface area (TPSA) is 49.8 Å². The van der Waals surface area contributed by atoms with Crippen molar-refractivity contribution in [2.75, 3.05) is 19.7 Å². The molecule has 1 heterocycles. The molecule has 1 aliphatic rings. The van der Waals surface area contributed by atoms with Crippen LogP contribution in [0.3, 0.4) is 0 Å². The van der Waals surface area contributed by atoms with Crippen molar-refractivity contribution in [2.24, 2.45) is 5.92 Å². The van der Waals surface area contributed by atoms with Gasteiger partial charge in [-0.05, 0) is 29.3 Å². The Balaban J connectivity index is 1.74. The van der Waals surface area contributed by atoms with E-state index in [1.807, 2.05) is 18.2 Å². The number of alkyl halides is 6. The van der Waals surface area contributed by atoms with E-state index in [1.54, 1.807) is 12.1 Å². The molecule has 0 bridgehead atoms. The maximum Gasteiger partial charge on any atom is 0.416 e. The zero-order valence-electron chi connectivity index (χ0n) is 16.1. The lowest BCUT2D eigenvalue weighted by molar-refractivity contribution is -0.143. The quantitative estimate of drug-likeness (QED) is 0.604. The molecule has 1 fully saturated rings. The van der Waals surface area contributed by atoms with Crippen molar-refractivity contribution in [2.45, 2.75) is 24.9 Å². The molecule has 3 rings (SSSR count). The number of halogens is 6. The van der Waals surface area contributed by atoms with Crippen LogP contribution >= 0.6 is 0 Å². The van der Waals surface area contributed by atoms with Gasteiger partial charge in [0.15, 0.2) is 0 Å². The van der Waals surface area contributed by atoms with Gasteiger partial charge in [-0.3, -0.25) is 0 Å². The van der Waals surface area contributed by atoms with Crippen LogP contribution in [0.4, 0.5) is 31.1 Å². The Labute approximate surface area is 174 Å². The zero-order chi connectivity index (χ0) is 22.8. The van der Waals surface area contributed by atoms with Crippen LogP contribution in [0.2, 0.25) is 0 Å². The van der Waals surface area contributed by atoms with E-state index in [1.165, 1.54) is 4.90 Å². The van der Waals surface area contributed by atoms with Gasteiger partial charge < -0.3 is 14.7 Å². The van der Waals surface area contributed by atoms with E-state index in [4.69, 9.17) is 4.74 Å². The number of ether oxygens (including phenoxy) is 1. The van der Waals surface area contributed by atoms with Crippen LogP contribution in [0, 0.1) is 5.92 Å². The molecule has 2 unspecified atom stereocenters. The van der Waals surface area contributed by atoms with Crippen molar-refractivity contribution in [1.82, 2.24) is 4.90 Å². The predicted octanol–water partition coefficient (Wildman–Crippen LogP) is 5.63. The highest BCUT2D eigenvalue weighted by Gasteiger charge is 2.38. The highest BCUT2D eigenvalue weighted by molar-refractivity contribution is 5.65. The average Bonchev–Trinajstić information content (AvgIpc) is 3.12. The molecular formula is C21H19F6NO3. The SMILES string of the molecule is O=C(O)N1CC(COCc2cc(C(F)(F)F)cc(C(F)(F)F)c2)C(c2ccccc2)C1. The van der Waals surface area contributed by atoms with Crippen LogP contribution in [0.15, 0.2) is 48.5 Å². The molecule has 1 amide bonds. The minimum atomic E-state index is -4.93. The maximum absolute atomic E-state index is 13.0. The number of carboxylic acid groups (broad SMARTS) is 1. The Morgan fingerprint density at radius 3 is 2.06 bits per heavy atom. The van der Waals surface area contributed by atoms with Crippen LogP contribution in [-0.2, 0) is 23.7 Å². The first kappa shape index (κ1) is 22.9.